The average Bonchev–Trinajstić information content (AvgIpc) is 2.38. The van der Waals surface area contributed by atoms with Gasteiger partial charge in [-0.15, -0.1) is 0 Å². The van der Waals surface area contributed by atoms with E-state index in [1.54, 1.807) is 18.2 Å². The molecule has 0 saturated heterocycles. The minimum Gasteiger partial charge on any atom is -0.380 e. The number of hydrogen-bond acceptors (Lipinski definition) is 2. The molecular weight excluding hydrogens is 270 g/mol. The molecule has 0 radical (unpaired) electrons. The van der Waals surface area contributed by atoms with Crippen LogP contribution in [-0.4, -0.2) is 4.98 Å². The van der Waals surface area contributed by atoms with Crippen LogP contribution in [0.5, 0.6) is 0 Å². The van der Waals surface area contributed by atoms with E-state index in [9.17, 15) is 8.78 Å². The van der Waals surface area contributed by atoms with Gasteiger partial charge in [-0.25, -0.2) is 13.8 Å². The number of aryl methyl sites for hydroxylation is 1. The molecule has 0 aliphatic heterocycles. The summed E-state index contributed by atoms with van der Waals surface area (Å²) >= 11 is 5.77. The number of benzene rings is 1. The van der Waals surface area contributed by atoms with Gasteiger partial charge in [0, 0.05) is 12.1 Å². The molecule has 0 aliphatic rings. The number of anilines is 1. The van der Waals surface area contributed by atoms with Crippen molar-refractivity contribution in [2.45, 2.75) is 19.9 Å². The Morgan fingerprint density at radius 1 is 1.26 bits per heavy atom. The number of alkyl halides is 2. The van der Waals surface area contributed by atoms with E-state index in [0.29, 0.717) is 11.7 Å². The molecule has 0 aliphatic carbocycles. The zero-order valence-electron chi connectivity index (χ0n) is 10.3. The smallest absolute Gasteiger partial charge is 0.263 e. The maximum atomic E-state index is 12.6. The summed E-state index contributed by atoms with van der Waals surface area (Å²) in [5.74, 6) is 0. The molecule has 0 bridgehead atoms. The molecule has 100 valence electrons. The summed E-state index contributed by atoms with van der Waals surface area (Å²) in [4.78, 5) is 4.11. The second-order valence-electron chi connectivity index (χ2n) is 4.17. The number of pyridine rings is 1. The van der Waals surface area contributed by atoms with Crippen molar-refractivity contribution in [1.29, 1.82) is 0 Å². The van der Waals surface area contributed by atoms with E-state index in [-0.39, 0.29) is 5.56 Å². The number of rotatable bonds is 4. The topological polar surface area (TPSA) is 24.9 Å². The highest BCUT2D eigenvalue weighted by Gasteiger charge is 2.07. The van der Waals surface area contributed by atoms with Crippen molar-refractivity contribution in [2.75, 3.05) is 5.32 Å². The van der Waals surface area contributed by atoms with Gasteiger partial charge in [-0.05, 0) is 30.7 Å². The molecule has 0 unspecified atom stereocenters. The Bertz CT molecular complexity index is 573. The van der Waals surface area contributed by atoms with E-state index in [1.807, 2.05) is 13.0 Å². The highest BCUT2D eigenvalue weighted by atomic mass is 35.5. The highest BCUT2D eigenvalue weighted by molar-refractivity contribution is 6.29. The molecule has 0 spiro atoms. The normalized spacial score (nSPS) is 10.8. The van der Waals surface area contributed by atoms with E-state index >= 15 is 0 Å². The lowest BCUT2D eigenvalue weighted by Crippen LogP contribution is -2.02. The standard InChI is InChI=1S/C14H13ClF2N2/c1-9-12(5-6-13(15)19-9)18-8-10-3-2-4-11(7-10)14(16)17/h2-7,14,18H,8H2,1H3. The van der Waals surface area contributed by atoms with Crippen molar-refractivity contribution in [1.82, 2.24) is 4.98 Å². The first-order valence-corrected chi connectivity index (χ1v) is 6.18. The summed E-state index contributed by atoms with van der Waals surface area (Å²) in [5, 5.41) is 3.59. The summed E-state index contributed by atoms with van der Waals surface area (Å²) < 4.78 is 25.1. The van der Waals surface area contributed by atoms with Crippen molar-refractivity contribution in [3.63, 3.8) is 0 Å². The Morgan fingerprint density at radius 2 is 2.05 bits per heavy atom. The van der Waals surface area contributed by atoms with Gasteiger partial charge in [-0.2, -0.15) is 0 Å². The first-order chi connectivity index (χ1) is 9.06. The number of nitrogens with zero attached hydrogens (tertiary/aromatic N) is 1. The van der Waals surface area contributed by atoms with Gasteiger partial charge in [0.1, 0.15) is 5.15 Å². The molecule has 1 N–H and O–H groups in total. The van der Waals surface area contributed by atoms with Crippen LogP contribution < -0.4 is 5.32 Å². The molecule has 0 amide bonds. The SMILES string of the molecule is Cc1nc(Cl)ccc1NCc1cccc(C(F)F)c1. The van der Waals surface area contributed by atoms with E-state index in [0.717, 1.165) is 16.9 Å². The van der Waals surface area contributed by atoms with E-state index < -0.39 is 6.43 Å². The lowest BCUT2D eigenvalue weighted by molar-refractivity contribution is 0.151. The fourth-order valence-corrected chi connectivity index (χ4v) is 1.94. The maximum Gasteiger partial charge on any atom is 0.263 e. The van der Waals surface area contributed by atoms with Gasteiger partial charge in [-0.3, -0.25) is 0 Å². The van der Waals surface area contributed by atoms with Crippen LogP contribution in [-0.2, 0) is 6.54 Å². The zero-order valence-corrected chi connectivity index (χ0v) is 11.1. The molecule has 2 aromatic rings. The maximum absolute atomic E-state index is 12.6. The summed E-state index contributed by atoms with van der Waals surface area (Å²) in [6, 6.07) is 9.86. The Labute approximate surface area is 115 Å². The first-order valence-electron chi connectivity index (χ1n) is 5.80. The van der Waals surface area contributed by atoms with Gasteiger partial charge < -0.3 is 5.32 Å². The van der Waals surface area contributed by atoms with Gasteiger partial charge in [0.15, 0.2) is 0 Å². The van der Waals surface area contributed by atoms with Gasteiger partial charge in [0.05, 0.1) is 11.4 Å². The Hall–Kier alpha value is -1.68. The quantitative estimate of drug-likeness (QED) is 0.830. The summed E-state index contributed by atoms with van der Waals surface area (Å²) in [6.45, 7) is 2.30. The third-order valence-electron chi connectivity index (χ3n) is 2.74. The van der Waals surface area contributed by atoms with Crippen LogP contribution in [0.15, 0.2) is 36.4 Å². The molecule has 1 aromatic carbocycles. The number of aromatic nitrogens is 1. The van der Waals surface area contributed by atoms with Gasteiger partial charge in [0.25, 0.3) is 6.43 Å². The second kappa shape index (κ2) is 5.97. The van der Waals surface area contributed by atoms with E-state index in [4.69, 9.17) is 11.6 Å². The van der Waals surface area contributed by atoms with Crippen LogP contribution in [0.1, 0.15) is 23.2 Å². The third-order valence-corrected chi connectivity index (χ3v) is 2.95. The van der Waals surface area contributed by atoms with E-state index in [1.165, 1.54) is 12.1 Å². The van der Waals surface area contributed by atoms with Crippen molar-refractivity contribution in [2.24, 2.45) is 0 Å². The second-order valence-corrected chi connectivity index (χ2v) is 4.55. The summed E-state index contributed by atoms with van der Waals surface area (Å²) in [6.07, 6.45) is -2.45. The zero-order chi connectivity index (χ0) is 13.8. The molecule has 1 aromatic heterocycles. The number of halogens is 3. The number of nitrogens with one attached hydrogen (secondary N) is 1. The molecule has 1 heterocycles. The Kier molecular flexibility index (Phi) is 4.32. The molecule has 0 saturated carbocycles. The van der Waals surface area contributed by atoms with Gasteiger partial charge >= 0.3 is 0 Å². The van der Waals surface area contributed by atoms with Crippen LogP contribution in [0.3, 0.4) is 0 Å². The first kappa shape index (κ1) is 13.7. The van der Waals surface area contributed by atoms with Crippen molar-refractivity contribution in [3.8, 4) is 0 Å². The fourth-order valence-electron chi connectivity index (χ4n) is 1.75. The monoisotopic (exact) mass is 282 g/mol. The summed E-state index contributed by atoms with van der Waals surface area (Å²) in [7, 11) is 0. The van der Waals surface area contributed by atoms with E-state index in [2.05, 4.69) is 10.3 Å². The lowest BCUT2D eigenvalue weighted by atomic mass is 10.1. The van der Waals surface area contributed by atoms with Crippen LogP contribution in [0.4, 0.5) is 14.5 Å². The lowest BCUT2D eigenvalue weighted by Gasteiger charge is -2.10. The fraction of sp³-hybridized carbons (Fsp3) is 0.214. The number of hydrogen-bond donors (Lipinski definition) is 1. The predicted molar refractivity (Wildman–Crippen MR) is 72.7 cm³/mol. The minimum atomic E-state index is -2.45. The Balaban J connectivity index is 2.08. The van der Waals surface area contributed by atoms with Crippen molar-refractivity contribution < 1.29 is 8.78 Å². The van der Waals surface area contributed by atoms with Gasteiger partial charge in [0.2, 0.25) is 0 Å². The van der Waals surface area contributed by atoms with Gasteiger partial charge in [-0.1, -0.05) is 29.8 Å². The van der Waals surface area contributed by atoms with Crippen molar-refractivity contribution >= 4 is 17.3 Å². The molecule has 2 rings (SSSR count). The molecule has 5 heteroatoms. The molecule has 0 atom stereocenters. The van der Waals surface area contributed by atoms with Crippen LogP contribution >= 0.6 is 11.6 Å². The molecule has 2 nitrogen and oxygen atoms in total. The predicted octanol–water partition coefficient (Wildman–Crippen LogP) is 4.59. The highest BCUT2D eigenvalue weighted by Crippen LogP contribution is 2.21. The van der Waals surface area contributed by atoms with Crippen LogP contribution in [0.25, 0.3) is 0 Å². The van der Waals surface area contributed by atoms with Crippen LogP contribution in [0, 0.1) is 6.92 Å². The van der Waals surface area contributed by atoms with Crippen molar-refractivity contribution in [3.05, 3.63) is 58.4 Å². The average molecular weight is 283 g/mol. The molecular formula is C14H13ClF2N2. The summed E-state index contributed by atoms with van der Waals surface area (Å²) in [5.41, 5.74) is 2.45. The largest absolute Gasteiger partial charge is 0.380 e. The molecule has 0 fully saturated rings. The van der Waals surface area contributed by atoms with Crippen LogP contribution in [0.2, 0.25) is 5.15 Å². The minimum absolute atomic E-state index is 0.0326. The third kappa shape index (κ3) is 3.64. The Morgan fingerprint density at radius 3 is 2.74 bits per heavy atom. The molecule has 19 heavy (non-hydrogen) atoms.